The second-order valence-corrected chi connectivity index (χ2v) is 13.2. The molecule has 220 valence electrons. The van der Waals surface area contributed by atoms with Crippen molar-refractivity contribution in [3.05, 3.63) is 11.6 Å². The normalized spacial score (nSPS) is 43.8. The molecule has 5 aliphatic rings. The van der Waals surface area contributed by atoms with E-state index < -0.39 is 22.7 Å². The molecule has 0 bridgehead atoms. The number of cyclic esters (lactones) is 1. The third kappa shape index (κ3) is 4.81. The van der Waals surface area contributed by atoms with Gasteiger partial charge in [0.05, 0.1) is 30.5 Å². The van der Waals surface area contributed by atoms with Gasteiger partial charge in [0.25, 0.3) is 0 Å². The van der Waals surface area contributed by atoms with Gasteiger partial charge in [-0.2, -0.15) is 0 Å². The quantitative estimate of drug-likeness (QED) is 0.157. The Labute approximate surface area is 232 Å². The first-order valence-corrected chi connectivity index (χ1v) is 15.1. The summed E-state index contributed by atoms with van der Waals surface area (Å²) in [5, 5.41) is 53.7. The number of aliphatic imine (C=N–C) groups is 1. The highest BCUT2D eigenvalue weighted by atomic mass is 16.5. The van der Waals surface area contributed by atoms with E-state index in [0.29, 0.717) is 64.8 Å². The molecule has 8 atom stereocenters. The number of hydrogen-bond donors (Lipinski definition) is 5. The third-order valence-electron chi connectivity index (χ3n) is 11.6. The minimum atomic E-state index is -1.05. The van der Waals surface area contributed by atoms with Crippen LogP contribution in [0.4, 0.5) is 0 Å². The second kappa shape index (κ2) is 11.1. The van der Waals surface area contributed by atoms with Gasteiger partial charge in [-0.25, -0.2) is 4.79 Å². The number of nitrogens with zero attached hydrogens (tertiary/aromatic N) is 2. The number of aliphatic hydroxyl groups is 5. The van der Waals surface area contributed by atoms with Gasteiger partial charge in [-0.3, -0.25) is 9.89 Å². The lowest BCUT2D eigenvalue weighted by molar-refractivity contribution is -0.237. The third-order valence-corrected chi connectivity index (χ3v) is 11.6. The number of esters is 1. The smallest absolute Gasteiger partial charge is 0.331 e. The molecule has 4 aliphatic carbocycles. The molecule has 0 amide bonds. The van der Waals surface area contributed by atoms with Crippen LogP contribution in [0, 0.1) is 28.6 Å². The molecule has 5 rings (SSSR count). The number of carbonyl (C=O) groups is 1. The molecule has 5 N–H and O–H groups in total. The van der Waals surface area contributed by atoms with E-state index in [1.807, 2.05) is 11.1 Å². The summed E-state index contributed by atoms with van der Waals surface area (Å²) in [4.78, 5) is 18.7. The zero-order valence-corrected chi connectivity index (χ0v) is 23.4. The van der Waals surface area contributed by atoms with Crippen molar-refractivity contribution in [3.8, 4) is 0 Å². The van der Waals surface area contributed by atoms with Crippen LogP contribution in [0.5, 0.6) is 0 Å². The first kappa shape index (κ1) is 29.1. The second-order valence-electron chi connectivity index (χ2n) is 13.2. The first-order chi connectivity index (χ1) is 18.6. The highest BCUT2D eigenvalue weighted by Gasteiger charge is 2.71. The van der Waals surface area contributed by atoms with E-state index in [9.17, 15) is 30.3 Å². The molecule has 0 radical (unpaired) electrons. The number of hydrogen-bond acceptors (Lipinski definition) is 9. The average molecular weight is 549 g/mol. The van der Waals surface area contributed by atoms with Crippen molar-refractivity contribution >= 4 is 12.2 Å². The Morgan fingerprint density at radius 1 is 1.03 bits per heavy atom. The van der Waals surface area contributed by atoms with Crippen LogP contribution in [0.2, 0.25) is 0 Å². The SMILES string of the molecule is C[C@]12CC[C@H]3[C@@H](CC[C@]4(O)C[C@@H](O)CC[C@]34C=NCCCN(CCO)CCO)[C@@]1(O)CC[C@@H]2C1=CC(=O)OC1. The van der Waals surface area contributed by atoms with Gasteiger partial charge in [0.15, 0.2) is 0 Å². The number of aliphatic hydroxyl groups excluding tert-OH is 3. The maximum atomic E-state index is 12.5. The molecule has 1 heterocycles. The summed E-state index contributed by atoms with van der Waals surface area (Å²) in [7, 11) is 0. The average Bonchev–Trinajstić information content (AvgIpc) is 3.43. The van der Waals surface area contributed by atoms with Gasteiger partial charge in [-0.05, 0) is 81.1 Å². The first-order valence-electron chi connectivity index (χ1n) is 15.1. The molecule has 4 saturated carbocycles. The molecule has 0 aromatic rings. The number of fused-ring (bicyclic) bond motifs is 5. The Kier molecular flexibility index (Phi) is 8.32. The van der Waals surface area contributed by atoms with Crippen LogP contribution in [0.15, 0.2) is 16.6 Å². The summed E-state index contributed by atoms with van der Waals surface area (Å²) in [5.74, 6) is -0.0759. The fraction of sp³-hybridized carbons (Fsp3) is 0.867. The highest BCUT2D eigenvalue weighted by Crippen LogP contribution is 2.70. The Hall–Kier alpha value is -1.36. The van der Waals surface area contributed by atoms with Crippen molar-refractivity contribution < 1.29 is 35.1 Å². The van der Waals surface area contributed by atoms with Crippen molar-refractivity contribution in [2.24, 2.45) is 33.6 Å². The Balaban J connectivity index is 1.38. The maximum Gasteiger partial charge on any atom is 0.331 e. The largest absolute Gasteiger partial charge is 0.458 e. The van der Waals surface area contributed by atoms with Crippen LogP contribution in [0.3, 0.4) is 0 Å². The summed E-state index contributed by atoms with van der Waals surface area (Å²) in [6.07, 6.45) is 9.94. The van der Waals surface area contributed by atoms with Crippen molar-refractivity contribution in [1.82, 2.24) is 4.90 Å². The Bertz CT molecular complexity index is 967. The molecule has 0 unspecified atom stereocenters. The van der Waals surface area contributed by atoms with Crippen molar-refractivity contribution in [3.63, 3.8) is 0 Å². The van der Waals surface area contributed by atoms with E-state index in [0.717, 1.165) is 37.8 Å². The van der Waals surface area contributed by atoms with Crippen LogP contribution in [0.25, 0.3) is 0 Å². The summed E-state index contributed by atoms with van der Waals surface area (Å²) in [6.45, 7) is 4.96. The van der Waals surface area contributed by atoms with E-state index in [1.165, 1.54) is 0 Å². The van der Waals surface area contributed by atoms with Crippen LogP contribution < -0.4 is 0 Å². The summed E-state index contributed by atoms with van der Waals surface area (Å²) < 4.78 is 5.24. The molecule has 9 nitrogen and oxygen atoms in total. The van der Waals surface area contributed by atoms with Gasteiger partial charge >= 0.3 is 5.97 Å². The van der Waals surface area contributed by atoms with Gasteiger partial charge in [-0.1, -0.05) is 6.92 Å². The molecule has 9 heteroatoms. The molecule has 0 aromatic heterocycles. The molecule has 0 spiro atoms. The predicted octanol–water partition coefficient (Wildman–Crippen LogP) is 1.45. The van der Waals surface area contributed by atoms with Gasteiger partial charge in [-0.15, -0.1) is 0 Å². The van der Waals surface area contributed by atoms with Gasteiger partial charge < -0.3 is 30.3 Å². The predicted molar refractivity (Wildman–Crippen MR) is 146 cm³/mol. The fourth-order valence-electron chi connectivity index (χ4n) is 9.59. The van der Waals surface area contributed by atoms with Crippen LogP contribution in [0.1, 0.15) is 71.1 Å². The zero-order chi connectivity index (χ0) is 27.9. The Morgan fingerprint density at radius 3 is 2.46 bits per heavy atom. The highest BCUT2D eigenvalue weighted by molar-refractivity contribution is 5.85. The number of ether oxygens (including phenoxy) is 1. The monoisotopic (exact) mass is 548 g/mol. The van der Waals surface area contributed by atoms with E-state index in [-0.39, 0.29) is 42.4 Å². The lowest BCUT2D eigenvalue weighted by Gasteiger charge is -2.65. The summed E-state index contributed by atoms with van der Waals surface area (Å²) in [6, 6.07) is 0. The molecule has 0 aromatic carbocycles. The lowest BCUT2D eigenvalue weighted by Crippen LogP contribution is -2.68. The minimum Gasteiger partial charge on any atom is -0.458 e. The molecular formula is C30H48N2O7. The number of rotatable bonds is 10. The maximum absolute atomic E-state index is 12.5. The number of carbonyl (C=O) groups excluding carboxylic acids is 1. The molecule has 4 fully saturated rings. The molecule has 0 saturated heterocycles. The Morgan fingerprint density at radius 2 is 1.77 bits per heavy atom. The van der Waals surface area contributed by atoms with E-state index >= 15 is 0 Å². The van der Waals surface area contributed by atoms with Crippen LogP contribution in [-0.2, 0) is 9.53 Å². The van der Waals surface area contributed by atoms with E-state index in [1.54, 1.807) is 6.08 Å². The van der Waals surface area contributed by atoms with Gasteiger partial charge in [0.2, 0.25) is 0 Å². The summed E-state index contributed by atoms with van der Waals surface area (Å²) in [5.41, 5.74) is -1.87. The lowest BCUT2D eigenvalue weighted by atomic mass is 9.41. The molecular weight excluding hydrogens is 500 g/mol. The topological polar surface area (TPSA) is 143 Å². The van der Waals surface area contributed by atoms with Crippen molar-refractivity contribution in [2.75, 3.05) is 46.0 Å². The van der Waals surface area contributed by atoms with E-state index in [2.05, 4.69) is 6.92 Å². The molecule has 1 aliphatic heterocycles. The van der Waals surface area contributed by atoms with Crippen LogP contribution in [-0.4, -0.2) is 106 Å². The van der Waals surface area contributed by atoms with Crippen molar-refractivity contribution in [1.29, 1.82) is 0 Å². The zero-order valence-electron chi connectivity index (χ0n) is 23.4. The van der Waals surface area contributed by atoms with Crippen molar-refractivity contribution in [2.45, 2.75) is 88.4 Å². The van der Waals surface area contributed by atoms with Gasteiger partial charge in [0, 0.05) is 55.7 Å². The van der Waals surface area contributed by atoms with E-state index in [4.69, 9.17) is 9.73 Å². The molecule has 39 heavy (non-hydrogen) atoms. The fourth-order valence-corrected chi connectivity index (χ4v) is 9.59. The standard InChI is InChI=1S/C30H48N2O7/c1-27-7-4-24-25(30(27,38)10-6-23(27)21-17-26(36)39-19-21)5-9-29(37)18-22(35)3-8-28(24,29)20-31-11-2-12-32(13-15-33)14-16-34/h17,20,22-25,33-35,37-38H,2-16,18-19H2,1H3/t22-,23+,24-,25+,27+,28-,29-,30-/m0/s1. The minimum absolute atomic E-state index is 0.0199. The van der Waals surface area contributed by atoms with Crippen LogP contribution >= 0.6 is 0 Å². The summed E-state index contributed by atoms with van der Waals surface area (Å²) >= 11 is 0. The van der Waals surface area contributed by atoms with Gasteiger partial charge in [0.1, 0.15) is 6.61 Å².